The van der Waals surface area contributed by atoms with E-state index < -0.39 is 28.6 Å². The van der Waals surface area contributed by atoms with Crippen LogP contribution in [0.2, 0.25) is 5.02 Å². The van der Waals surface area contributed by atoms with Gasteiger partial charge in [0, 0.05) is 21.9 Å². The summed E-state index contributed by atoms with van der Waals surface area (Å²) in [6.07, 6.45) is 0. The first-order valence-electron chi connectivity index (χ1n) is 14.1. The molecule has 1 spiro atoms. The molecule has 0 bridgehead atoms. The Hall–Kier alpha value is -4.84. The number of para-hydroxylation sites is 2. The first kappa shape index (κ1) is 28.6. The molecule has 2 aliphatic heterocycles. The Morgan fingerprint density at radius 1 is 0.913 bits per heavy atom. The van der Waals surface area contributed by atoms with Crippen molar-refractivity contribution < 1.29 is 18.4 Å². The molecule has 8 rings (SSSR count). The summed E-state index contributed by atoms with van der Waals surface area (Å²) in [4.78, 5) is 46.4. The van der Waals surface area contributed by atoms with E-state index >= 15 is 0 Å². The number of carbonyl (C=O) groups is 2. The lowest BCUT2D eigenvalue weighted by Gasteiger charge is -2.32. The van der Waals surface area contributed by atoms with E-state index in [-0.39, 0.29) is 39.5 Å². The molecule has 6 aromatic rings. The minimum atomic E-state index is -1.96. The number of carbonyl (C=O) groups excluding carboxylic acids is 2. The molecule has 1 unspecified atom stereocenters. The molecule has 0 saturated heterocycles. The van der Waals surface area contributed by atoms with E-state index in [0.717, 1.165) is 16.9 Å². The molecule has 12 heteroatoms. The van der Waals surface area contributed by atoms with Gasteiger partial charge in [-0.2, -0.15) is 0 Å². The third kappa shape index (κ3) is 4.23. The van der Waals surface area contributed by atoms with E-state index in [1.54, 1.807) is 72.8 Å². The molecular formula is C34H20ClFN4O4S2. The van der Waals surface area contributed by atoms with Gasteiger partial charge in [0.25, 0.3) is 11.8 Å². The largest absolute Gasteiger partial charge is 0.450 e. The van der Waals surface area contributed by atoms with Crippen molar-refractivity contribution in [3.05, 3.63) is 146 Å². The second-order valence-electron chi connectivity index (χ2n) is 10.8. The summed E-state index contributed by atoms with van der Waals surface area (Å²) in [5, 5.41) is 9.64. The van der Waals surface area contributed by atoms with Crippen LogP contribution in [0.25, 0.3) is 11.0 Å². The summed E-state index contributed by atoms with van der Waals surface area (Å²) in [5.74, 6) is -1.49. The van der Waals surface area contributed by atoms with Crippen LogP contribution in [0.5, 0.6) is 0 Å². The Morgan fingerprint density at radius 2 is 1.70 bits per heavy atom. The number of amides is 2. The molecule has 2 aliphatic rings. The number of aromatic nitrogens is 2. The number of hydrogen-bond donors (Lipinski definition) is 0. The van der Waals surface area contributed by atoms with E-state index in [9.17, 15) is 18.8 Å². The Morgan fingerprint density at radius 3 is 2.54 bits per heavy atom. The van der Waals surface area contributed by atoms with Crippen molar-refractivity contribution in [2.45, 2.75) is 22.2 Å². The van der Waals surface area contributed by atoms with Crippen molar-refractivity contribution in [1.82, 2.24) is 10.2 Å². The van der Waals surface area contributed by atoms with Crippen molar-refractivity contribution in [2.24, 2.45) is 0 Å². The van der Waals surface area contributed by atoms with Crippen molar-refractivity contribution in [1.29, 1.82) is 0 Å². The van der Waals surface area contributed by atoms with Crippen molar-refractivity contribution in [2.75, 3.05) is 9.80 Å². The van der Waals surface area contributed by atoms with Crippen LogP contribution < -0.4 is 15.2 Å². The van der Waals surface area contributed by atoms with Crippen LogP contribution in [0.4, 0.5) is 15.2 Å². The maximum Gasteiger partial charge on any atom is 0.297 e. The highest BCUT2D eigenvalue weighted by atomic mass is 35.5. The molecule has 0 saturated carbocycles. The lowest BCUT2D eigenvalue weighted by molar-refractivity contribution is -0.121. The van der Waals surface area contributed by atoms with E-state index in [2.05, 4.69) is 10.2 Å². The minimum absolute atomic E-state index is 0.104. The third-order valence-electron chi connectivity index (χ3n) is 8.16. The molecule has 4 aromatic carbocycles. The zero-order chi connectivity index (χ0) is 31.6. The average molecular weight is 667 g/mol. The average Bonchev–Trinajstić information content (AvgIpc) is 3.70. The van der Waals surface area contributed by atoms with Crippen molar-refractivity contribution in [3.8, 4) is 0 Å². The summed E-state index contributed by atoms with van der Waals surface area (Å²) in [5.41, 5.74) is -0.290. The Labute approximate surface area is 274 Å². The molecule has 226 valence electrons. The highest BCUT2D eigenvalue weighted by Gasteiger charge is 2.66. The fourth-order valence-corrected chi connectivity index (χ4v) is 8.23. The molecule has 2 amide bonds. The van der Waals surface area contributed by atoms with Crippen LogP contribution >= 0.6 is 34.7 Å². The monoisotopic (exact) mass is 666 g/mol. The molecule has 2 aromatic heterocycles. The van der Waals surface area contributed by atoms with Crippen LogP contribution in [0.3, 0.4) is 0 Å². The summed E-state index contributed by atoms with van der Waals surface area (Å²) in [6.45, 7) is -0.128. The maximum atomic E-state index is 15.0. The van der Waals surface area contributed by atoms with Crippen LogP contribution in [0, 0.1) is 5.82 Å². The lowest BCUT2D eigenvalue weighted by Crippen LogP contribution is -2.53. The van der Waals surface area contributed by atoms with Gasteiger partial charge >= 0.3 is 0 Å². The molecule has 0 radical (unpaired) electrons. The van der Waals surface area contributed by atoms with Crippen LogP contribution in [0.1, 0.15) is 32.8 Å². The Bertz CT molecular complexity index is 2290. The summed E-state index contributed by atoms with van der Waals surface area (Å²) in [7, 11) is 0. The second kappa shape index (κ2) is 10.9. The standard InChI is InChI=1S/C34H20ClFN4O4S2/c35-21-10-7-8-19(16-21)18-45-33-38-37-32(46-33)40-30(42)29-27(28(41)22-11-2-6-15-26(22)44-29)34(40)23-12-3-5-14-25(23)39(31(34)43)17-20-9-1-4-13-24(20)36/h1-16H,17-18H2. The topological polar surface area (TPSA) is 96.6 Å². The van der Waals surface area contributed by atoms with Gasteiger partial charge < -0.3 is 9.32 Å². The molecule has 1 atom stereocenters. The smallest absolute Gasteiger partial charge is 0.297 e. The number of hydrogen-bond acceptors (Lipinski definition) is 8. The van der Waals surface area contributed by atoms with Gasteiger partial charge in [-0.05, 0) is 42.0 Å². The third-order valence-corrected chi connectivity index (χ3v) is 10.5. The fourth-order valence-electron chi connectivity index (χ4n) is 6.19. The number of rotatable bonds is 6. The van der Waals surface area contributed by atoms with E-state index in [0.29, 0.717) is 26.4 Å². The van der Waals surface area contributed by atoms with Crippen molar-refractivity contribution >= 4 is 68.3 Å². The van der Waals surface area contributed by atoms with Gasteiger partial charge in [0.05, 0.1) is 23.2 Å². The van der Waals surface area contributed by atoms with Crippen LogP contribution in [0.15, 0.2) is 111 Å². The van der Waals surface area contributed by atoms with Gasteiger partial charge in [-0.15, -0.1) is 10.2 Å². The van der Waals surface area contributed by atoms with Gasteiger partial charge in [-0.25, -0.2) is 4.39 Å². The zero-order valence-corrected chi connectivity index (χ0v) is 26.0. The van der Waals surface area contributed by atoms with E-state index in [1.807, 2.05) is 18.2 Å². The molecule has 4 heterocycles. The minimum Gasteiger partial charge on any atom is -0.450 e. The van der Waals surface area contributed by atoms with E-state index in [1.165, 1.54) is 27.6 Å². The number of nitrogens with zero attached hydrogens (tertiary/aromatic N) is 4. The molecular weight excluding hydrogens is 647 g/mol. The van der Waals surface area contributed by atoms with Crippen LogP contribution in [-0.4, -0.2) is 22.0 Å². The summed E-state index contributed by atoms with van der Waals surface area (Å²) in [6, 6.07) is 27.1. The summed E-state index contributed by atoms with van der Waals surface area (Å²) >= 11 is 8.68. The fraction of sp³-hybridized carbons (Fsp3) is 0.0882. The van der Waals surface area contributed by atoms with Gasteiger partial charge in [0.2, 0.25) is 10.9 Å². The summed E-state index contributed by atoms with van der Waals surface area (Å²) < 4.78 is 21.6. The molecule has 46 heavy (non-hydrogen) atoms. The first-order chi connectivity index (χ1) is 22.4. The molecule has 0 aliphatic carbocycles. The van der Waals surface area contributed by atoms with Gasteiger partial charge in [0.1, 0.15) is 11.4 Å². The number of anilines is 2. The van der Waals surface area contributed by atoms with Crippen LogP contribution in [-0.2, 0) is 22.6 Å². The highest BCUT2D eigenvalue weighted by molar-refractivity contribution is 8.00. The predicted octanol–water partition coefficient (Wildman–Crippen LogP) is 7.18. The number of fused-ring (bicyclic) bond motifs is 5. The highest BCUT2D eigenvalue weighted by Crippen LogP contribution is 2.55. The number of halogens is 2. The Balaban J connectivity index is 1.32. The molecule has 0 N–H and O–H groups in total. The van der Waals surface area contributed by atoms with Gasteiger partial charge in [0.15, 0.2) is 15.3 Å². The van der Waals surface area contributed by atoms with Crippen molar-refractivity contribution in [3.63, 3.8) is 0 Å². The van der Waals surface area contributed by atoms with Gasteiger partial charge in [-0.3, -0.25) is 19.3 Å². The van der Waals surface area contributed by atoms with Gasteiger partial charge in [-0.1, -0.05) is 95.4 Å². The normalized spacial score (nSPS) is 16.9. The predicted molar refractivity (Wildman–Crippen MR) is 175 cm³/mol. The Kier molecular flexibility index (Phi) is 6.78. The number of benzene rings is 4. The number of thioether (sulfide) groups is 1. The zero-order valence-electron chi connectivity index (χ0n) is 23.6. The lowest BCUT2D eigenvalue weighted by atomic mass is 9.84. The SMILES string of the molecule is O=C1c2oc3ccccc3c(=O)c2C2(C(=O)N(Cc3ccccc3F)c3ccccc32)N1c1nnc(SCc2cccc(Cl)c2)s1. The quantitative estimate of drug-likeness (QED) is 0.137. The molecule has 0 fully saturated rings. The second-order valence-corrected chi connectivity index (χ2v) is 13.4. The maximum absolute atomic E-state index is 15.0. The van der Waals surface area contributed by atoms with E-state index in [4.69, 9.17) is 16.0 Å². The first-order valence-corrected chi connectivity index (χ1v) is 16.3. The molecule has 8 nitrogen and oxygen atoms in total.